The van der Waals surface area contributed by atoms with Crippen LogP contribution in [0.15, 0.2) is 18.2 Å². The zero-order valence-electron chi connectivity index (χ0n) is 12.1. The molecule has 0 unspecified atom stereocenters. The summed E-state index contributed by atoms with van der Waals surface area (Å²) in [5.74, 6) is 0.113. The SMILES string of the molecule is Cc1ccc(C)c(N(C)C(=O)CCC(C)(C)N)c1. The summed E-state index contributed by atoms with van der Waals surface area (Å²) >= 11 is 0. The summed E-state index contributed by atoms with van der Waals surface area (Å²) in [6.45, 7) is 7.94. The second kappa shape index (κ2) is 5.53. The minimum absolute atomic E-state index is 0.113. The Morgan fingerprint density at radius 3 is 2.50 bits per heavy atom. The van der Waals surface area contributed by atoms with Crippen molar-refractivity contribution in [1.82, 2.24) is 0 Å². The van der Waals surface area contributed by atoms with E-state index in [2.05, 4.69) is 6.07 Å². The fourth-order valence-electron chi connectivity index (χ4n) is 1.81. The molecule has 0 fully saturated rings. The number of hydrogen-bond acceptors (Lipinski definition) is 2. The molecule has 1 aromatic carbocycles. The van der Waals surface area contributed by atoms with E-state index < -0.39 is 0 Å². The van der Waals surface area contributed by atoms with Crippen molar-refractivity contribution in [1.29, 1.82) is 0 Å². The quantitative estimate of drug-likeness (QED) is 0.890. The third-order valence-corrected chi connectivity index (χ3v) is 3.08. The number of rotatable bonds is 4. The molecule has 0 saturated carbocycles. The van der Waals surface area contributed by atoms with Gasteiger partial charge in [0.15, 0.2) is 0 Å². The van der Waals surface area contributed by atoms with Crippen LogP contribution in [0.5, 0.6) is 0 Å². The number of aryl methyl sites for hydroxylation is 2. The number of benzene rings is 1. The van der Waals surface area contributed by atoms with Gasteiger partial charge in [0, 0.05) is 24.7 Å². The van der Waals surface area contributed by atoms with E-state index in [4.69, 9.17) is 5.73 Å². The molecule has 3 heteroatoms. The fraction of sp³-hybridized carbons (Fsp3) is 0.533. The molecule has 0 aliphatic rings. The van der Waals surface area contributed by atoms with Crippen LogP contribution in [-0.4, -0.2) is 18.5 Å². The van der Waals surface area contributed by atoms with E-state index in [1.807, 2.05) is 46.9 Å². The maximum absolute atomic E-state index is 12.1. The van der Waals surface area contributed by atoms with Gasteiger partial charge in [0.25, 0.3) is 0 Å². The maximum Gasteiger partial charge on any atom is 0.226 e. The summed E-state index contributed by atoms with van der Waals surface area (Å²) in [4.78, 5) is 13.9. The van der Waals surface area contributed by atoms with Crippen molar-refractivity contribution in [2.24, 2.45) is 5.73 Å². The van der Waals surface area contributed by atoms with Crippen LogP contribution in [0, 0.1) is 13.8 Å². The van der Waals surface area contributed by atoms with E-state index in [1.165, 1.54) is 0 Å². The van der Waals surface area contributed by atoms with E-state index >= 15 is 0 Å². The molecule has 0 spiro atoms. The summed E-state index contributed by atoms with van der Waals surface area (Å²) in [7, 11) is 1.83. The Hall–Kier alpha value is -1.35. The standard InChI is InChI=1S/C15H24N2O/c1-11-6-7-12(2)13(10-11)17(5)14(18)8-9-15(3,4)16/h6-7,10H,8-9,16H2,1-5H3. The number of amides is 1. The van der Waals surface area contributed by atoms with E-state index in [1.54, 1.807) is 4.90 Å². The molecule has 18 heavy (non-hydrogen) atoms. The summed E-state index contributed by atoms with van der Waals surface area (Å²) < 4.78 is 0. The molecule has 3 nitrogen and oxygen atoms in total. The average Bonchev–Trinajstić information content (AvgIpc) is 2.27. The Morgan fingerprint density at radius 2 is 1.94 bits per heavy atom. The minimum atomic E-state index is -0.294. The monoisotopic (exact) mass is 248 g/mol. The molecule has 0 atom stereocenters. The molecule has 0 bridgehead atoms. The van der Waals surface area contributed by atoms with Crippen LogP contribution >= 0.6 is 0 Å². The molecule has 1 rings (SSSR count). The van der Waals surface area contributed by atoms with Crippen LogP contribution in [0.4, 0.5) is 5.69 Å². The minimum Gasteiger partial charge on any atom is -0.326 e. The first-order valence-corrected chi connectivity index (χ1v) is 6.33. The van der Waals surface area contributed by atoms with Gasteiger partial charge in [-0.3, -0.25) is 4.79 Å². The Kier molecular flexibility index (Phi) is 4.52. The van der Waals surface area contributed by atoms with Crippen LogP contribution in [-0.2, 0) is 4.79 Å². The highest BCUT2D eigenvalue weighted by molar-refractivity contribution is 5.93. The lowest BCUT2D eigenvalue weighted by Gasteiger charge is -2.23. The molecule has 0 aliphatic heterocycles. The van der Waals surface area contributed by atoms with Gasteiger partial charge < -0.3 is 10.6 Å². The normalized spacial score (nSPS) is 11.4. The van der Waals surface area contributed by atoms with Gasteiger partial charge >= 0.3 is 0 Å². The highest BCUT2D eigenvalue weighted by atomic mass is 16.2. The Balaban J connectivity index is 2.77. The van der Waals surface area contributed by atoms with Crippen molar-refractivity contribution in [3.05, 3.63) is 29.3 Å². The Morgan fingerprint density at radius 1 is 1.33 bits per heavy atom. The second-order valence-electron chi connectivity index (χ2n) is 5.73. The van der Waals surface area contributed by atoms with Crippen LogP contribution in [0.3, 0.4) is 0 Å². The van der Waals surface area contributed by atoms with Crippen LogP contribution in [0.1, 0.15) is 37.8 Å². The van der Waals surface area contributed by atoms with Gasteiger partial charge in [-0.25, -0.2) is 0 Å². The zero-order valence-corrected chi connectivity index (χ0v) is 12.1. The number of hydrogen-bond donors (Lipinski definition) is 1. The molecule has 2 N–H and O–H groups in total. The first-order chi connectivity index (χ1) is 8.20. The smallest absolute Gasteiger partial charge is 0.226 e. The number of carbonyl (C=O) groups is 1. The molecular weight excluding hydrogens is 224 g/mol. The first kappa shape index (κ1) is 14.7. The van der Waals surface area contributed by atoms with Crippen molar-refractivity contribution < 1.29 is 4.79 Å². The molecule has 1 aromatic rings. The average molecular weight is 248 g/mol. The fourth-order valence-corrected chi connectivity index (χ4v) is 1.81. The number of anilines is 1. The largest absolute Gasteiger partial charge is 0.326 e. The number of carbonyl (C=O) groups excluding carboxylic acids is 1. The van der Waals surface area contributed by atoms with Gasteiger partial charge in [-0.1, -0.05) is 12.1 Å². The van der Waals surface area contributed by atoms with Crippen molar-refractivity contribution in [2.45, 2.75) is 46.1 Å². The highest BCUT2D eigenvalue weighted by Gasteiger charge is 2.17. The molecule has 0 saturated heterocycles. The predicted octanol–water partition coefficient (Wildman–Crippen LogP) is 2.78. The highest BCUT2D eigenvalue weighted by Crippen LogP contribution is 2.21. The Bertz CT molecular complexity index is 433. The Labute approximate surface area is 110 Å². The summed E-state index contributed by atoms with van der Waals surface area (Å²) in [6.07, 6.45) is 1.18. The zero-order chi connectivity index (χ0) is 13.9. The van der Waals surface area contributed by atoms with Gasteiger partial charge in [-0.2, -0.15) is 0 Å². The predicted molar refractivity (Wildman–Crippen MR) is 76.8 cm³/mol. The van der Waals surface area contributed by atoms with Crippen LogP contribution in [0.25, 0.3) is 0 Å². The summed E-state index contributed by atoms with van der Waals surface area (Å²) in [5.41, 5.74) is 8.87. The third kappa shape index (κ3) is 4.15. The lowest BCUT2D eigenvalue weighted by molar-refractivity contribution is -0.118. The second-order valence-corrected chi connectivity index (χ2v) is 5.73. The van der Waals surface area contributed by atoms with E-state index in [0.29, 0.717) is 12.8 Å². The van der Waals surface area contributed by atoms with Crippen molar-refractivity contribution in [3.8, 4) is 0 Å². The van der Waals surface area contributed by atoms with Crippen LogP contribution < -0.4 is 10.6 Å². The molecule has 0 aliphatic carbocycles. The maximum atomic E-state index is 12.1. The van der Waals surface area contributed by atoms with Gasteiger partial charge in [0.05, 0.1) is 0 Å². The number of nitrogens with zero attached hydrogens (tertiary/aromatic N) is 1. The van der Waals surface area contributed by atoms with Crippen molar-refractivity contribution in [3.63, 3.8) is 0 Å². The van der Waals surface area contributed by atoms with E-state index in [9.17, 15) is 4.79 Å². The molecule has 100 valence electrons. The summed E-state index contributed by atoms with van der Waals surface area (Å²) in [5, 5.41) is 0. The third-order valence-electron chi connectivity index (χ3n) is 3.08. The molecule has 1 amide bonds. The molecule has 0 aromatic heterocycles. The molecule has 0 heterocycles. The molecular formula is C15H24N2O. The summed E-state index contributed by atoms with van der Waals surface area (Å²) in [6, 6.07) is 6.14. The van der Waals surface area contributed by atoms with Gasteiger partial charge in [-0.05, 0) is 51.3 Å². The van der Waals surface area contributed by atoms with Gasteiger partial charge in [0.1, 0.15) is 0 Å². The van der Waals surface area contributed by atoms with Gasteiger partial charge in [-0.15, -0.1) is 0 Å². The van der Waals surface area contributed by atoms with Crippen LogP contribution in [0.2, 0.25) is 0 Å². The topological polar surface area (TPSA) is 46.3 Å². The van der Waals surface area contributed by atoms with Gasteiger partial charge in [0.2, 0.25) is 5.91 Å². The lowest BCUT2D eigenvalue weighted by atomic mass is 9.99. The number of nitrogens with two attached hydrogens (primary N) is 1. The first-order valence-electron chi connectivity index (χ1n) is 6.33. The molecule has 0 radical (unpaired) electrons. The van der Waals surface area contributed by atoms with E-state index in [0.717, 1.165) is 16.8 Å². The lowest BCUT2D eigenvalue weighted by Crippen LogP contribution is -2.35. The van der Waals surface area contributed by atoms with E-state index in [-0.39, 0.29) is 11.4 Å². The van der Waals surface area contributed by atoms with Crippen molar-refractivity contribution in [2.75, 3.05) is 11.9 Å². The van der Waals surface area contributed by atoms with Crippen molar-refractivity contribution >= 4 is 11.6 Å².